The van der Waals surface area contributed by atoms with Crippen LogP contribution in [0.15, 0.2) is 28.1 Å². The first-order valence-electron chi connectivity index (χ1n) is 5.52. The average molecular weight is 356 g/mol. The molecule has 1 aromatic carbocycles. The second-order valence-electron chi connectivity index (χ2n) is 4.06. The van der Waals surface area contributed by atoms with E-state index in [0.29, 0.717) is 4.88 Å². The van der Waals surface area contributed by atoms with Gasteiger partial charge in [-0.25, -0.2) is 4.79 Å². The van der Waals surface area contributed by atoms with Gasteiger partial charge in [-0.2, -0.15) is 0 Å². The molecule has 0 aliphatic carbocycles. The molecule has 20 heavy (non-hydrogen) atoms. The van der Waals surface area contributed by atoms with Gasteiger partial charge in [0.1, 0.15) is 5.75 Å². The molecular formula is C13H10BrNO4S. The fourth-order valence-electron chi connectivity index (χ4n) is 1.52. The molecule has 1 heterocycles. The van der Waals surface area contributed by atoms with Crippen LogP contribution in [0.4, 0.5) is 5.69 Å². The van der Waals surface area contributed by atoms with E-state index in [1.807, 2.05) is 6.92 Å². The molecule has 0 saturated heterocycles. The molecule has 5 nitrogen and oxygen atoms in total. The molecule has 0 bridgehead atoms. The van der Waals surface area contributed by atoms with E-state index in [0.717, 1.165) is 9.35 Å². The van der Waals surface area contributed by atoms with Gasteiger partial charge in [0, 0.05) is 0 Å². The first-order valence-corrected chi connectivity index (χ1v) is 7.13. The Hall–Kier alpha value is -1.86. The van der Waals surface area contributed by atoms with E-state index in [1.165, 1.54) is 29.5 Å². The number of carbonyl (C=O) groups is 2. The number of aromatic hydroxyl groups is 1. The number of anilines is 1. The first-order chi connectivity index (χ1) is 9.38. The molecular weight excluding hydrogens is 346 g/mol. The predicted octanol–water partition coefficient (Wildman–Crippen LogP) is 3.48. The van der Waals surface area contributed by atoms with Crippen molar-refractivity contribution in [2.24, 2.45) is 0 Å². The normalized spacial score (nSPS) is 10.3. The van der Waals surface area contributed by atoms with Crippen molar-refractivity contribution >= 4 is 44.8 Å². The lowest BCUT2D eigenvalue weighted by atomic mass is 10.2. The zero-order valence-corrected chi connectivity index (χ0v) is 12.7. The van der Waals surface area contributed by atoms with Crippen molar-refractivity contribution in [2.75, 3.05) is 5.32 Å². The molecule has 1 amide bonds. The summed E-state index contributed by atoms with van der Waals surface area (Å²) in [5.74, 6) is -1.72. The lowest BCUT2D eigenvalue weighted by Gasteiger charge is -2.07. The highest BCUT2D eigenvalue weighted by Gasteiger charge is 2.14. The van der Waals surface area contributed by atoms with E-state index in [1.54, 1.807) is 6.07 Å². The van der Waals surface area contributed by atoms with E-state index in [4.69, 9.17) is 5.11 Å². The van der Waals surface area contributed by atoms with Crippen molar-refractivity contribution in [3.8, 4) is 5.75 Å². The lowest BCUT2D eigenvalue weighted by Crippen LogP contribution is -2.11. The van der Waals surface area contributed by atoms with E-state index in [-0.39, 0.29) is 17.0 Å². The average Bonchev–Trinajstić information content (AvgIpc) is 2.72. The number of amides is 1. The number of aryl methyl sites for hydroxylation is 1. The van der Waals surface area contributed by atoms with Crippen LogP contribution >= 0.6 is 27.3 Å². The minimum atomic E-state index is -1.13. The number of halogens is 1. The Kier molecular flexibility index (Phi) is 4.10. The number of hydrogen-bond acceptors (Lipinski definition) is 4. The zero-order chi connectivity index (χ0) is 14.9. The SMILES string of the molecule is Cc1cc(C(=O)Nc2cc(C(=O)O)ccc2O)sc1Br. The monoisotopic (exact) mass is 355 g/mol. The summed E-state index contributed by atoms with van der Waals surface area (Å²) >= 11 is 4.59. The summed E-state index contributed by atoms with van der Waals surface area (Å²) in [5, 5.41) is 21.1. The lowest BCUT2D eigenvalue weighted by molar-refractivity contribution is 0.0696. The summed E-state index contributed by atoms with van der Waals surface area (Å²) in [4.78, 5) is 23.4. The van der Waals surface area contributed by atoms with Gasteiger partial charge in [-0.05, 0) is 52.7 Å². The first kappa shape index (κ1) is 14.5. The highest BCUT2D eigenvalue weighted by atomic mass is 79.9. The third-order valence-electron chi connectivity index (χ3n) is 2.57. The van der Waals surface area contributed by atoms with Crippen LogP contribution in [0.1, 0.15) is 25.6 Å². The van der Waals surface area contributed by atoms with Crippen LogP contribution in [0.3, 0.4) is 0 Å². The molecule has 0 saturated carbocycles. The Balaban J connectivity index is 2.27. The third-order valence-corrected chi connectivity index (χ3v) is 4.71. The van der Waals surface area contributed by atoms with Gasteiger partial charge in [0.15, 0.2) is 0 Å². The Morgan fingerprint density at radius 1 is 1.30 bits per heavy atom. The molecule has 0 fully saturated rings. The standard InChI is InChI=1S/C13H10BrNO4S/c1-6-4-10(20-11(6)14)12(17)15-8-5-7(13(18)19)2-3-9(8)16/h2-5,16H,1H3,(H,15,17)(H,18,19). The summed E-state index contributed by atoms with van der Waals surface area (Å²) in [6, 6.07) is 5.42. The van der Waals surface area contributed by atoms with Crippen LogP contribution in [-0.4, -0.2) is 22.1 Å². The van der Waals surface area contributed by atoms with Crippen LogP contribution in [0.5, 0.6) is 5.75 Å². The van der Waals surface area contributed by atoms with Crippen molar-refractivity contribution in [1.29, 1.82) is 0 Å². The fourth-order valence-corrected chi connectivity index (χ4v) is 2.95. The van der Waals surface area contributed by atoms with Crippen molar-refractivity contribution in [3.05, 3.63) is 44.1 Å². The van der Waals surface area contributed by atoms with E-state index in [2.05, 4.69) is 21.2 Å². The summed E-state index contributed by atoms with van der Waals surface area (Å²) < 4.78 is 0.853. The maximum Gasteiger partial charge on any atom is 0.335 e. The van der Waals surface area contributed by atoms with Crippen LogP contribution in [0, 0.1) is 6.92 Å². The number of phenolic OH excluding ortho intramolecular Hbond substituents is 1. The molecule has 0 aliphatic rings. The second-order valence-corrected chi connectivity index (χ2v) is 6.43. The van der Waals surface area contributed by atoms with Crippen LogP contribution in [0.25, 0.3) is 0 Å². The molecule has 2 rings (SSSR count). The van der Waals surface area contributed by atoms with E-state index < -0.39 is 11.9 Å². The van der Waals surface area contributed by atoms with Crippen molar-refractivity contribution in [3.63, 3.8) is 0 Å². The minimum Gasteiger partial charge on any atom is -0.506 e. The number of hydrogen-bond donors (Lipinski definition) is 3. The number of carbonyl (C=O) groups excluding carboxylic acids is 1. The predicted molar refractivity (Wildman–Crippen MR) is 79.8 cm³/mol. The number of phenols is 1. The Morgan fingerprint density at radius 2 is 2.00 bits per heavy atom. The van der Waals surface area contributed by atoms with Crippen molar-refractivity contribution in [2.45, 2.75) is 6.92 Å². The Labute approximate surface area is 127 Å². The van der Waals surface area contributed by atoms with Gasteiger partial charge in [-0.3, -0.25) is 4.79 Å². The minimum absolute atomic E-state index is 0.0124. The van der Waals surface area contributed by atoms with Gasteiger partial charge >= 0.3 is 5.97 Å². The number of thiophene rings is 1. The van der Waals surface area contributed by atoms with Crippen LogP contribution in [-0.2, 0) is 0 Å². The Morgan fingerprint density at radius 3 is 2.55 bits per heavy atom. The highest BCUT2D eigenvalue weighted by Crippen LogP contribution is 2.29. The van der Waals surface area contributed by atoms with Gasteiger partial charge in [-0.15, -0.1) is 11.3 Å². The molecule has 7 heteroatoms. The topological polar surface area (TPSA) is 86.6 Å². The maximum absolute atomic E-state index is 12.0. The highest BCUT2D eigenvalue weighted by molar-refractivity contribution is 9.11. The fraction of sp³-hybridized carbons (Fsp3) is 0.0769. The van der Waals surface area contributed by atoms with Gasteiger partial charge in [0.2, 0.25) is 0 Å². The summed E-state index contributed by atoms with van der Waals surface area (Å²) in [6.07, 6.45) is 0. The molecule has 3 N–H and O–H groups in total. The van der Waals surface area contributed by atoms with E-state index >= 15 is 0 Å². The molecule has 104 valence electrons. The van der Waals surface area contributed by atoms with Gasteiger partial charge in [0.05, 0.1) is 19.9 Å². The number of rotatable bonds is 3. The van der Waals surface area contributed by atoms with Crippen LogP contribution in [0.2, 0.25) is 0 Å². The zero-order valence-electron chi connectivity index (χ0n) is 10.3. The number of carboxylic acid groups (broad SMARTS) is 1. The van der Waals surface area contributed by atoms with Gasteiger partial charge in [0.25, 0.3) is 5.91 Å². The molecule has 2 aromatic rings. The molecule has 0 spiro atoms. The Bertz CT molecular complexity index is 676. The molecule has 0 atom stereocenters. The number of benzene rings is 1. The van der Waals surface area contributed by atoms with E-state index in [9.17, 15) is 14.7 Å². The molecule has 0 unspecified atom stereocenters. The largest absolute Gasteiger partial charge is 0.506 e. The van der Waals surface area contributed by atoms with Crippen molar-refractivity contribution in [1.82, 2.24) is 0 Å². The second kappa shape index (κ2) is 5.64. The molecule has 0 radical (unpaired) electrons. The summed E-state index contributed by atoms with van der Waals surface area (Å²) in [5.41, 5.74) is 0.988. The number of carboxylic acids is 1. The maximum atomic E-state index is 12.0. The molecule has 1 aromatic heterocycles. The quantitative estimate of drug-likeness (QED) is 0.735. The van der Waals surface area contributed by atoms with Crippen molar-refractivity contribution < 1.29 is 19.8 Å². The van der Waals surface area contributed by atoms with Crippen LogP contribution < -0.4 is 5.32 Å². The van der Waals surface area contributed by atoms with Gasteiger partial charge < -0.3 is 15.5 Å². The number of nitrogens with one attached hydrogen (secondary N) is 1. The third kappa shape index (κ3) is 3.00. The van der Waals surface area contributed by atoms with Gasteiger partial charge in [-0.1, -0.05) is 0 Å². The summed E-state index contributed by atoms with van der Waals surface area (Å²) in [6.45, 7) is 1.86. The smallest absolute Gasteiger partial charge is 0.335 e. The number of aromatic carboxylic acids is 1. The summed E-state index contributed by atoms with van der Waals surface area (Å²) in [7, 11) is 0. The molecule has 0 aliphatic heterocycles.